The Morgan fingerprint density at radius 2 is 1.72 bits per heavy atom. The van der Waals surface area contributed by atoms with Gasteiger partial charge in [-0.3, -0.25) is 0 Å². The van der Waals surface area contributed by atoms with Gasteiger partial charge in [0.1, 0.15) is 11.4 Å². The minimum atomic E-state index is 0.211. The Bertz CT molecular complexity index is 553. The maximum Gasteiger partial charge on any atom is 0.166 e. The van der Waals surface area contributed by atoms with Crippen LogP contribution in [0, 0.1) is 0 Å². The SMILES string of the molecule is COc1c(N)ccc(Nc2ccc(O)cc2)c1N. The van der Waals surface area contributed by atoms with Crippen LogP contribution in [-0.2, 0) is 0 Å². The number of rotatable bonds is 3. The largest absolute Gasteiger partial charge is 0.508 e. The summed E-state index contributed by atoms with van der Waals surface area (Å²) >= 11 is 0. The monoisotopic (exact) mass is 245 g/mol. The van der Waals surface area contributed by atoms with Gasteiger partial charge in [-0.15, -0.1) is 0 Å². The second kappa shape index (κ2) is 4.75. The zero-order chi connectivity index (χ0) is 13.1. The van der Waals surface area contributed by atoms with E-state index in [0.29, 0.717) is 22.8 Å². The van der Waals surface area contributed by atoms with Crippen molar-refractivity contribution in [2.75, 3.05) is 23.9 Å². The molecule has 0 heterocycles. The van der Waals surface area contributed by atoms with Gasteiger partial charge < -0.3 is 26.6 Å². The number of hydrogen-bond acceptors (Lipinski definition) is 5. The Hall–Kier alpha value is -2.56. The number of aromatic hydroxyl groups is 1. The van der Waals surface area contributed by atoms with E-state index in [2.05, 4.69) is 5.32 Å². The second-order valence-electron chi connectivity index (χ2n) is 3.82. The fourth-order valence-corrected chi connectivity index (χ4v) is 1.65. The summed E-state index contributed by atoms with van der Waals surface area (Å²) in [6.45, 7) is 0. The molecular weight excluding hydrogens is 230 g/mol. The lowest BCUT2D eigenvalue weighted by molar-refractivity contribution is 0.419. The van der Waals surface area contributed by atoms with Crippen LogP contribution in [0.25, 0.3) is 0 Å². The van der Waals surface area contributed by atoms with E-state index in [9.17, 15) is 5.11 Å². The van der Waals surface area contributed by atoms with E-state index in [-0.39, 0.29) is 5.75 Å². The molecule has 0 amide bonds. The van der Waals surface area contributed by atoms with Gasteiger partial charge in [-0.2, -0.15) is 0 Å². The lowest BCUT2D eigenvalue weighted by atomic mass is 10.2. The number of anilines is 4. The smallest absolute Gasteiger partial charge is 0.166 e. The van der Waals surface area contributed by atoms with E-state index >= 15 is 0 Å². The number of ether oxygens (including phenoxy) is 1. The molecule has 0 aliphatic heterocycles. The topological polar surface area (TPSA) is 93.5 Å². The Balaban J connectivity index is 2.32. The third-order valence-corrected chi connectivity index (χ3v) is 2.58. The predicted octanol–water partition coefficient (Wildman–Crippen LogP) is 2.31. The standard InChI is InChI=1S/C13H15N3O2/c1-18-13-10(14)6-7-11(12(13)15)16-8-2-4-9(17)5-3-8/h2-7,16-17H,14-15H2,1H3. The van der Waals surface area contributed by atoms with Crippen molar-refractivity contribution in [2.45, 2.75) is 0 Å². The normalized spacial score (nSPS) is 10.1. The summed E-state index contributed by atoms with van der Waals surface area (Å²) in [5.74, 6) is 0.669. The van der Waals surface area contributed by atoms with Crippen LogP contribution in [0.5, 0.6) is 11.5 Å². The maximum atomic E-state index is 9.21. The molecule has 94 valence electrons. The van der Waals surface area contributed by atoms with Gasteiger partial charge in [0.2, 0.25) is 0 Å². The number of hydrogen-bond donors (Lipinski definition) is 4. The molecule has 0 aromatic heterocycles. The van der Waals surface area contributed by atoms with Crippen LogP contribution in [0.1, 0.15) is 0 Å². The number of nitrogens with one attached hydrogen (secondary N) is 1. The van der Waals surface area contributed by atoms with Crippen molar-refractivity contribution in [3.05, 3.63) is 36.4 Å². The van der Waals surface area contributed by atoms with Crippen LogP contribution < -0.4 is 21.5 Å². The van der Waals surface area contributed by atoms with Crippen LogP contribution in [-0.4, -0.2) is 12.2 Å². The molecule has 0 saturated carbocycles. The fourth-order valence-electron chi connectivity index (χ4n) is 1.65. The van der Waals surface area contributed by atoms with Crippen molar-refractivity contribution in [3.63, 3.8) is 0 Å². The highest BCUT2D eigenvalue weighted by Crippen LogP contribution is 2.36. The van der Waals surface area contributed by atoms with Gasteiger partial charge in [-0.1, -0.05) is 0 Å². The molecule has 18 heavy (non-hydrogen) atoms. The summed E-state index contributed by atoms with van der Waals surface area (Å²) in [6.07, 6.45) is 0. The minimum Gasteiger partial charge on any atom is -0.508 e. The molecule has 2 aromatic rings. The summed E-state index contributed by atoms with van der Waals surface area (Å²) in [6, 6.07) is 10.2. The fraction of sp³-hybridized carbons (Fsp3) is 0.0769. The van der Waals surface area contributed by atoms with E-state index in [0.717, 1.165) is 5.69 Å². The Morgan fingerprint density at radius 1 is 1.06 bits per heavy atom. The number of methoxy groups -OCH3 is 1. The zero-order valence-electron chi connectivity index (χ0n) is 9.97. The molecule has 0 atom stereocenters. The van der Waals surface area contributed by atoms with E-state index < -0.39 is 0 Å². The third-order valence-electron chi connectivity index (χ3n) is 2.58. The molecule has 2 aromatic carbocycles. The highest BCUT2D eigenvalue weighted by Gasteiger charge is 2.09. The molecule has 0 aliphatic rings. The Morgan fingerprint density at radius 3 is 2.33 bits per heavy atom. The molecule has 6 N–H and O–H groups in total. The lowest BCUT2D eigenvalue weighted by Crippen LogP contribution is -2.02. The van der Waals surface area contributed by atoms with E-state index in [1.807, 2.05) is 0 Å². The van der Waals surface area contributed by atoms with Crippen LogP contribution in [0.2, 0.25) is 0 Å². The molecule has 0 spiro atoms. The molecule has 5 nitrogen and oxygen atoms in total. The predicted molar refractivity (Wildman–Crippen MR) is 73.2 cm³/mol. The van der Waals surface area contributed by atoms with Crippen molar-refractivity contribution in [1.82, 2.24) is 0 Å². The molecule has 0 radical (unpaired) electrons. The molecule has 5 heteroatoms. The van der Waals surface area contributed by atoms with Crippen molar-refractivity contribution in [2.24, 2.45) is 0 Å². The van der Waals surface area contributed by atoms with Crippen LogP contribution in [0.3, 0.4) is 0 Å². The zero-order valence-corrected chi connectivity index (χ0v) is 9.97. The van der Waals surface area contributed by atoms with Crippen molar-refractivity contribution < 1.29 is 9.84 Å². The van der Waals surface area contributed by atoms with Crippen LogP contribution >= 0.6 is 0 Å². The summed E-state index contributed by atoms with van der Waals surface area (Å²) in [5.41, 5.74) is 14.2. The minimum absolute atomic E-state index is 0.211. The van der Waals surface area contributed by atoms with Crippen molar-refractivity contribution in [1.29, 1.82) is 0 Å². The van der Waals surface area contributed by atoms with Crippen molar-refractivity contribution in [3.8, 4) is 11.5 Å². The molecule has 0 unspecified atom stereocenters. The number of benzene rings is 2. The molecule has 0 saturated heterocycles. The van der Waals surface area contributed by atoms with E-state index in [1.165, 1.54) is 7.11 Å². The highest BCUT2D eigenvalue weighted by atomic mass is 16.5. The van der Waals surface area contributed by atoms with Gasteiger partial charge in [-0.05, 0) is 36.4 Å². The number of nitrogen functional groups attached to an aromatic ring is 2. The first-order valence-corrected chi connectivity index (χ1v) is 5.40. The first-order valence-electron chi connectivity index (χ1n) is 5.40. The molecular formula is C13H15N3O2. The third kappa shape index (κ3) is 2.24. The van der Waals surface area contributed by atoms with Gasteiger partial charge in [0.05, 0.1) is 18.5 Å². The summed E-state index contributed by atoms with van der Waals surface area (Å²) in [4.78, 5) is 0. The number of nitrogens with two attached hydrogens (primary N) is 2. The maximum absolute atomic E-state index is 9.21. The molecule has 2 rings (SSSR count). The molecule has 0 bridgehead atoms. The van der Waals surface area contributed by atoms with Crippen molar-refractivity contribution >= 4 is 22.7 Å². The van der Waals surface area contributed by atoms with E-state index in [1.54, 1.807) is 36.4 Å². The number of phenolic OH excluding ortho intramolecular Hbond substituents is 1. The Kier molecular flexibility index (Phi) is 3.14. The van der Waals surface area contributed by atoms with Gasteiger partial charge in [0.25, 0.3) is 0 Å². The van der Waals surface area contributed by atoms with Gasteiger partial charge >= 0.3 is 0 Å². The Labute approximate surface area is 105 Å². The lowest BCUT2D eigenvalue weighted by Gasteiger charge is -2.14. The van der Waals surface area contributed by atoms with Gasteiger partial charge in [0, 0.05) is 5.69 Å². The average Bonchev–Trinajstić information content (AvgIpc) is 2.36. The summed E-state index contributed by atoms with van der Waals surface area (Å²) in [7, 11) is 1.52. The van der Waals surface area contributed by atoms with Crippen LogP contribution in [0.4, 0.5) is 22.7 Å². The van der Waals surface area contributed by atoms with Gasteiger partial charge in [0.15, 0.2) is 5.75 Å². The number of phenols is 1. The summed E-state index contributed by atoms with van der Waals surface area (Å²) in [5, 5.41) is 12.3. The summed E-state index contributed by atoms with van der Waals surface area (Å²) < 4.78 is 5.14. The van der Waals surface area contributed by atoms with E-state index in [4.69, 9.17) is 16.2 Å². The quantitative estimate of drug-likeness (QED) is 0.492. The van der Waals surface area contributed by atoms with Crippen LogP contribution in [0.15, 0.2) is 36.4 Å². The average molecular weight is 245 g/mol. The van der Waals surface area contributed by atoms with Gasteiger partial charge in [-0.25, -0.2) is 0 Å². The first-order chi connectivity index (χ1) is 8.61. The highest BCUT2D eigenvalue weighted by molar-refractivity contribution is 5.83. The molecule has 0 fully saturated rings. The molecule has 0 aliphatic carbocycles. The second-order valence-corrected chi connectivity index (χ2v) is 3.82. The first kappa shape index (κ1) is 11.9.